The molecule has 0 aliphatic heterocycles. The summed E-state index contributed by atoms with van der Waals surface area (Å²) < 4.78 is 6.56. The summed E-state index contributed by atoms with van der Waals surface area (Å²) in [4.78, 5) is 22.0. The molecule has 0 saturated heterocycles. The van der Waals surface area contributed by atoms with E-state index in [-0.39, 0.29) is 80.4 Å². The first-order valence-electron chi connectivity index (χ1n) is 37.3. The van der Waals surface area contributed by atoms with Crippen LogP contribution in [0.3, 0.4) is 0 Å². The van der Waals surface area contributed by atoms with Gasteiger partial charge >= 0.3 is 0 Å². The average molecular weight is 2210 g/mol. The second-order valence-electron chi connectivity index (χ2n) is 27.4. The van der Waals surface area contributed by atoms with Crippen LogP contribution in [0.4, 0.5) is 0 Å². The molecule has 0 amide bonds. The van der Waals surface area contributed by atoms with Gasteiger partial charge in [-0.25, -0.2) is 0 Å². The summed E-state index contributed by atoms with van der Waals surface area (Å²) in [5, 5.41) is 9.15. The van der Waals surface area contributed by atoms with Crippen molar-refractivity contribution in [1.82, 2.24) is 43.8 Å². The number of fused-ring (bicyclic) bond motifs is 6. The van der Waals surface area contributed by atoms with Gasteiger partial charge in [0.2, 0.25) is 0 Å². The van der Waals surface area contributed by atoms with Crippen LogP contribution in [0.25, 0.3) is 167 Å². The third kappa shape index (κ3) is 18.3. The molecule has 20 aromatic rings. The van der Waals surface area contributed by atoms with Crippen molar-refractivity contribution in [2.24, 2.45) is 7.05 Å². The van der Waals surface area contributed by atoms with Crippen molar-refractivity contribution in [1.29, 1.82) is 0 Å². The molecule has 0 spiro atoms. The van der Waals surface area contributed by atoms with Crippen molar-refractivity contribution in [3.63, 3.8) is 0 Å². The van der Waals surface area contributed by atoms with Crippen LogP contribution < -0.4 is 0 Å². The Morgan fingerprint density at radius 3 is 1.14 bits per heavy atom. The minimum Gasteiger partial charge on any atom is -0.351 e. The van der Waals surface area contributed by atoms with Crippen molar-refractivity contribution in [3.05, 3.63) is 424 Å². The van der Waals surface area contributed by atoms with Crippen LogP contribution in [0.2, 0.25) is 0 Å². The summed E-state index contributed by atoms with van der Waals surface area (Å²) in [6.07, 6.45) is 10.8. The van der Waals surface area contributed by atoms with Gasteiger partial charge in [-0.15, -0.1) is 125 Å². The van der Waals surface area contributed by atoms with E-state index in [1.807, 2.05) is 115 Å². The first-order chi connectivity index (χ1) is 55.3. The van der Waals surface area contributed by atoms with E-state index in [0.717, 1.165) is 73.1 Å². The first-order valence-corrected chi connectivity index (χ1v) is 37.3. The maximum atomic E-state index is 4.58. The zero-order valence-electron chi connectivity index (χ0n) is 63.3. The number of pyridine rings is 3. The molecule has 20 rings (SSSR count). The van der Waals surface area contributed by atoms with E-state index in [0.29, 0.717) is 5.82 Å². The van der Waals surface area contributed by atoms with Crippen LogP contribution in [0.15, 0.2) is 389 Å². The molecule has 13 aromatic carbocycles. The minimum atomic E-state index is 0. The molecule has 7 aromatic heterocycles. The van der Waals surface area contributed by atoms with Crippen LogP contribution in [0.1, 0.15) is 11.1 Å². The van der Waals surface area contributed by atoms with Gasteiger partial charge < -0.3 is 24.1 Å². The van der Waals surface area contributed by atoms with E-state index in [4.69, 9.17) is 0 Å². The molecule has 0 atom stereocenters. The third-order valence-corrected chi connectivity index (χ3v) is 20.0. The van der Waals surface area contributed by atoms with Gasteiger partial charge in [-0.1, -0.05) is 217 Å². The molecule has 116 heavy (non-hydrogen) atoms. The second-order valence-corrected chi connectivity index (χ2v) is 27.4. The van der Waals surface area contributed by atoms with Crippen molar-refractivity contribution in [3.8, 4) is 123 Å². The molecule has 9 nitrogen and oxygen atoms in total. The summed E-state index contributed by atoms with van der Waals surface area (Å²) in [7, 11) is 1.94. The summed E-state index contributed by atoms with van der Waals surface area (Å²) in [6, 6.07) is 136. The fourth-order valence-electron chi connectivity index (χ4n) is 14.4. The van der Waals surface area contributed by atoms with E-state index in [1.165, 1.54) is 99.2 Å². The molecule has 0 fully saturated rings. The predicted molar refractivity (Wildman–Crippen MR) is 459 cm³/mol. The fourth-order valence-corrected chi connectivity index (χ4v) is 14.4. The summed E-state index contributed by atoms with van der Waals surface area (Å²) in [6.45, 7) is 4.12. The van der Waals surface area contributed by atoms with Crippen LogP contribution >= 0.6 is 0 Å². The van der Waals surface area contributed by atoms with E-state index >= 15 is 0 Å². The molecule has 0 saturated carbocycles. The smallest absolute Gasteiger partial charge is 0.0748 e. The Morgan fingerprint density at radius 1 is 0.259 bits per heavy atom. The Morgan fingerprint density at radius 2 is 0.690 bits per heavy atom. The standard InChI is InChI=1S/C36H25N2.C35H23N2.C16H14N3.C16H11N2.4Ir/c1-25-12-19-34(37-24-25)28-13-17-31(18-14-28)38-35-20-15-29(26-8-4-2-5-9-26)22-32(35)33-23-30(16-21-36(33)38)27-10-6-3-7-11-27;1-3-10-25(11-4-1)27-17-19-34-31(23-27)32-24-28(26-12-5-2-6-13-26)18-20-35(32)37(34)30-15-9-14-29(22-30)33-16-7-8-21-36-33;1-12-6-8-17-15(10-12)13-4-3-5-14(11-13)16-7-9-18-19(16)2;1-2-6-13(7-3-1)14-8-4-9-15(12-14)16-17-10-5-11-18-16;;;;/h2-13,15-24H,1H3;1-13,15-24H;3,5-11H,1-2H3;1-8,10-12H;;;;/q4*-1;;;;. The fraction of sp³-hybridized carbons (Fsp3) is 0.0291. The van der Waals surface area contributed by atoms with Gasteiger partial charge in [0, 0.05) is 163 Å². The van der Waals surface area contributed by atoms with Crippen molar-refractivity contribution >= 4 is 43.6 Å². The summed E-state index contributed by atoms with van der Waals surface area (Å²) >= 11 is 0. The topological polar surface area (TPSA) is 92.1 Å². The monoisotopic (exact) mass is 2210 g/mol. The van der Waals surface area contributed by atoms with Crippen molar-refractivity contribution in [2.45, 2.75) is 13.8 Å². The van der Waals surface area contributed by atoms with Gasteiger partial charge in [0.15, 0.2) is 0 Å². The van der Waals surface area contributed by atoms with E-state index in [1.54, 1.807) is 18.6 Å². The maximum Gasteiger partial charge on any atom is 0.0748 e. The van der Waals surface area contributed by atoms with Crippen LogP contribution in [0.5, 0.6) is 0 Å². The van der Waals surface area contributed by atoms with Crippen molar-refractivity contribution < 1.29 is 80.4 Å². The van der Waals surface area contributed by atoms with Crippen molar-refractivity contribution in [2.75, 3.05) is 0 Å². The second kappa shape index (κ2) is 38.3. The van der Waals surface area contributed by atoms with Crippen LogP contribution in [0, 0.1) is 38.1 Å². The molecule has 570 valence electrons. The first kappa shape index (κ1) is 81.8. The number of hydrogen-bond donors (Lipinski definition) is 0. The summed E-state index contributed by atoms with van der Waals surface area (Å²) in [5.74, 6) is 0.704. The Balaban J connectivity index is 0.000000140. The largest absolute Gasteiger partial charge is 0.351 e. The molecule has 4 radical (unpaired) electrons. The molecular weight excluding hydrogens is 2130 g/mol. The van der Waals surface area contributed by atoms with E-state index < -0.39 is 0 Å². The molecular formula is C103H73Ir4N9-4. The molecule has 0 bridgehead atoms. The average Bonchev–Trinajstić information content (AvgIpc) is 1.59. The maximum absolute atomic E-state index is 4.58. The third-order valence-electron chi connectivity index (χ3n) is 20.0. The number of hydrogen-bond acceptors (Lipinski definition) is 6. The van der Waals surface area contributed by atoms with Gasteiger partial charge in [0.1, 0.15) is 0 Å². The number of rotatable bonds is 12. The molecule has 7 heterocycles. The van der Waals surface area contributed by atoms with Gasteiger partial charge in [0.25, 0.3) is 0 Å². The van der Waals surface area contributed by atoms with Crippen LogP contribution in [-0.4, -0.2) is 43.8 Å². The van der Waals surface area contributed by atoms with E-state index in [2.05, 4.69) is 344 Å². The Kier molecular flexibility index (Phi) is 27.0. The quantitative estimate of drug-likeness (QED) is 0.113. The minimum absolute atomic E-state index is 0. The van der Waals surface area contributed by atoms with Gasteiger partial charge in [-0.2, -0.15) is 5.10 Å². The number of aryl methyl sites for hydroxylation is 3. The summed E-state index contributed by atoms with van der Waals surface area (Å²) in [5.41, 5.74) is 30.2. The Labute approximate surface area is 730 Å². The molecule has 13 heteroatoms. The number of benzene rings is 13. The van der Waals surface area contributed by atoms with Crippen LogP contribution in [-0.2, 0) is 87.5 Å². The number of nitrogens with zero attached hydrogens (tertiary/aromatic N) is 9. The van der Waals surface area contributed by atoms with E-state index in [9.17, 15) is 0 Å². The molecule has 0 aliphatic carbocycles. The van der Waals surface area contributed by atoms with Gasteiger partial charge in [-0.05, 0) is 171 Å². The molecule has 0 N–H and O–H groups in total. The Hall–Kier alpha value is -12.2. The zero-order valence-corrected chi connectivity index (χ0v) is 72.9. The zero-order chi connectivity index (χ0) is 75.5. The SMILES string of the molecule is Cc1ccc(-c2[c-]cc(-n3c4ccc(-c5ccccc5)cc4c4cc(-c5ccccc5)ccc43)cc2)nc1.Cc1ccnc(-c2[c-]ccc(-c3ccnn3C)c2)c1.[Ir].[Ir].[Ir].[Ir].[c-]1ccc(-c2ccccc2)cc1-c1ncccn1.[c-]1ccc(-n2c3ccc(-c4ccccc4)cc3c3cc(-c4ccccc4)ccc32)cc1-c1ccccn1. The van der Waals surface area contributed by atoms with Gasteiger partial charge in [0.05, 0.1) is 16.9 Å². The molecule has 0 aliphatic rings. The Bertz CT molecular complexity index is 6380. The normalized spacial score (nSPS) is 10.6. The molecule has 0 unspecified atom stereocenters. The van der Waals surface area contributed by atoms with Gasteiger partial charge in [-0.3, -0.25) is 14.6 Å². The predicted octanol–water partition coefficient (Wildman–Crippen LogP) is 25.1. The number of aromatic nitrogens is 9.